The highest BCUT2D eigenvalue weighted by atomic mass is 19.4. The Balaban J connectivity index is 1.58. The minimum Gasteiger partial charge on any atom is -0.322 e. The fraction of sp³-hybridized carbons (Fsp3) is 0.263. The molecule has 0 atom stereocenters. The molecule has 3 N–H and O–H groups in total. The number of hydrogen-bond donors (Lipinski definition) is 3. The van der Waals surface area contributed by atoms with Gasteiger partial charge in [0.2, 0.25) is 0 Å². The van der Waals surface area contributed by atoms with Crippen LogP contribution in [0.15, 0.2) is 48.5 Å². The second-order valence-corrected chi connectivity index (χ2v) is 6.27. The van der Waals surface area contributed by atoms with E-state index in [1.165, 1.54) is 24.3 Å². The maximum Gasteiger partial charge on any atom is 0.416 e. The number of rotatable bonds is 3. The number of carbonyl (C=O) groups excluding carboxylic acids is 2. The number of benzene rings is 2. The van der Waals surface area contributed by atoms with Gasteiger partial charge in [-0.15, -0.1) is 0 Å². The molecule has 2 aromatic rings. The summed E-state index contributed by atoms with van der Waals surface area (Å²) in [6.07, 6.45) is -4.42. The van der Waals surface area contributed by atoms with Crippen LogP contribution in [0.4, 0.5) is 29.3 Å². The second-order valence-electron chi connectivity index (χ2n) is 6.27. The average Bonchev–Trinajstić information content (AvgIpc) is 2.69. The van der Waals surface area contributed by atoms with Gasteiger partial charge in [-0.2, -0.15) is 13.2 Å². The highest BCUT2D eigenvalue weighted by Gasteiger charge is 2.30. The molecule has 0 aliphatic carbocycles. The van der Waals surface area contributed by atoms with Gasteiger partial charge in [0.15, 0.2) is 0 Å². The predicted molar refractivity (Wildman–Crippen MR) is 99.3 cm³/mol. The highest BCUT2D eigenvalue weighted by molar-refractivity contribution is 6.04. The molecule has 148 valence electrons. The Morgan fingerprint density at radius 1 is 0.857 bits per heavy atom. The summed E-state index contributed by atoms with van der Waals surface area (Å²) in [7, 11) is 0. The van der Waals surface area contributed by atoms with E-state index in [2.05, 4.69) is 16.0 Å². The molecule has 0 unspecified atom stereocenters. The third kappa shape index (κ3) is 5.01. The highest BCUT2D eigenvalue weighted by Crippen LogP contribution is 2.29. The van der Waals surface area contributed by atoms with Gasteiger partial charge in [-0.25, -0.2) is 4.79 Å². The number of nitrogens with zero attached hydrogens (tertiary/aromatic N) is 1. The zero-order valence-electron chi connectivity index (χ0n) is 14.8. The van der Waals surface area contributed by atoms with Crippen molar-refractivity contribution in [1.82, 2.24) is 10.2 Å². The molecule has 3 amide bonds. The van der Waals surface area contributed by atoms with Gasteiger partial charge in [0, 0.05) is 43.1 Å². The number of carbonyl (C=O) groups is 2. The van der Waals surface area contributed by atoms with Crippen LogP contribution in [-0.2, 0) is 6.18 Å². The predicted octanol–water partition coefficient (Wildman–Crippen LogP) is 3.39. The lowest BCUT2D eigenvalue weighted by atomic mass is 10.1. The molecule has 2 aromatic carbocycles. The van der Waals surface area contributed by atoms with E-state index in [0.717, 1.165) is 25.2 Å². The molecule has 1 heterocycles. The minimum atomic E-state index is -4.42. The SMILES string of the molecule is O=C(Nc1ccc(C(F)(F)F)cc1)c1ccc(NC(=O)N2CCNCC2)cc1. The van der Waals surface area contributed by atoms with E-state index in [9.17, 15) is 22.8 Å². The molecule has 1 aliphatic heterocycles. The van der Waals surface area contributed by atoms with Crippen LogP contribution >= 0.6 is 0 Å². The van der Waals surface area contributed by atoms with Crippen molar-refractivity contribution < 1.29 is 22.8 Å². The average molecular weight is 392 g/mol. The first-order valence-corrected chi connectivity index (χ1v) is 8.68. The molecule has 0 saturated carbocycles. The summed E-state index contributed by atoms with van der Waals surface area (Å²) < 4.78 is 37.7. The summed E-state index contributed by atoms with van der Waals surface area (Å²) in [6, 6.07) is 10.3. The largest absolute Gasteiger partial charge is 0.416 e. The van der Waals surface area contributed by atoms with Crippen LogP contribution in [0.2, 0.25) is 0 Å². The van der Waals surface area contributed by atoms with Gasteiger partial charge >= 0.3 is 12.2 Å². The van der Waals surface area contributed by atoms with E-state index in [0.29, 0.717) is 24.3 Å². The normalized spacial score (nSPS) is 14.5. The molecule has 6 nitrogen and oxygen atoms in total. The number of hydrogen-bond acceptors (Lipinski definition) is 3. The van der Waals surface area contributed by atoms with Crippen molar-refractivity contribution in [3.63, 3.8) is 0 Å². The molecular formula is C19H19F3N4O2. The van der Waals surface area contributed by atoms with Gasteiger partial charge in [-0.1, -0.05) is 0 Å². The second kappa shape index (κ2) is 8.30. The van der Waals surface area contributed by atoms with Gasteiger partial charge in [0.25, 0.3) is 5.91 Å². The first kappa shape index (κ1) is 19.7. The third-order valence-corrected chi connectivity index (χ3v) is 4.27. The van der Waals surface area contributed by atoms with E-state index in [1.807, 2.05) is 0 Å². The van der Waals surface area contributed by atoms with Crippen molar-refractivity contribution in [2.75, 3.05) is 36.8 Å². The number of alkyl halides is 3. The van der Waals surface area contributed by atoms with Crippen molar-refractivity contribution in [2.24, 2.45) is 0 Å². The molecule has 9 heteroatoms. The summed E-state index contributed by atoms with van der Waals surface area (Å²) in [5.41, 5.74) is 0.346. The number of nitrogens with one attached hydrogen (secondary N) is 3. The van der Waals surface area contributed by atoms with E-state index < -0.39 is 17.6 Å². The zero-order valence-corrected chi connectivity index (χ0v) is 14.8. The van der Waals surface area contributed by atoms with Gasteiger partial charge < -0.3 is 20.9 Å². The molecule has 1 aliphatic rings. The number of urea groups is 1. The van der Waals surface area contributed by atoms with Crippen molar-refractivity contribution >= 4 is 23.3 Å². The molecule has 1 fully saturated rings. The Morgan fingerprint density at radius 3 is 1.96 bits per heavy atom. The molecule has 28 heavy (non-hydrogen) atoms. The van der Waals surface area contributed by atoms with Gasteiger partial charge in [0.05, 0.1) is 5.56 Å². The number of anilines is 2. The van der Waals surface area contributed by atoms with Crippen molar-refractivity contribution in [2.45, 2.75) is 6.18 Å². The lowest BCUT2D eigenvalue weighted by Crippen LogP contribution is -2.48. The standard InChI is InChI=1S/C19H19F3N4O2/c20-19(21,22)14-3-7-15(8-4-14)24-17(27)13-1-5-16(6-2-13)25-18(28)26-11-9-23-10-12-26/h1-8,23H,9-12H2,(H,24,27)(H,25,28). The third-order valence-electron chi connectivity index (χ3n) is 4.27. The van der Waals surface area contributed by atoms with Crippen LogP contribution < -0.4 is 16.0 Å². The van der Waals surface area contributed by atoms with Crippen LogP contribution in [0.3, 0.4) is 0 Å². The Morgan fingerprint density at radius 2 is 1.39 bits per heavy atom. The molecule has 0 aromatic heterocycles. The molecule has 0 radical (unpaired) electrons. The zero-order chi connectivity index (χ0) is 20.1. The van der Waals surface area contributed by atoms with Crippen molar-refractivity contribution in [1.29, 1.82) is 0 Å². The molecule has 3 rings (SSSR count). The van der Waals surface area contributed by atoms with Crippen LogP contribution in [-0.4, -0.2) is 43.0 Å². The summed E-state index contributed by atoms with van der Waals surface area (Å²) in [5, 5.41) is 8.47. The van der Waals surface area contributed by atoms with Crippen LogP contribution in [0, 0.1) is 0 Å². The Labute approximate surface area is 159 Å². The molecule has 0 bridgehead atoms. The van der Waals surface area contributed by atoms with Crippen LogP contribution in [0.5, 0.6) is 0 Å². The van der Waals surface area contributed by atoms with Gasteiger partial charge in [-0.3, -0.25) is 4.79 Å². The maximum atomic E-state index is 12.6. The van der Waals surface area contributed by atoms with E-state index in [-0.39, 0.29) is 11.7 Å². The minimum absolute atomic E-state index is 0.205. The summed E-state index contributed by atoms with van der Waals surface area (Å²) >= 11 is 0. The molecule has 1 saturated heterocycles. The van der Waals surface area contributed by atoms with Crippen LogP contribution in [0.25, 0.3) is 0 Å². The smallest absolute Gasteiger partial charge is 0.322 e. The van der Waals surface area contributed by atoms with Gasteiger partial charge in [-0.05, 0) is 48.5 Å². The van der Waals surface area contributed by atoms with Crippen molar-refractivity contribution in [3.05, 3.63) is 59.7 Å². The van der Waals surface area contributed by atoms with Gasteiger partial charge in [0.1, 0.15) is 0 Å². The summed E-state index contributed by atoms with van der Waals surface area (Å²) in [5.74, 6) is -0.459. The monoisotopic (exact) mass is 392 g/mol. The first-order valence-electron chi connectivity index (χ1n) is 8.68. The Kier molecular flexibility index (Phi) is 5.84. The Hall–Kier alpha value is -3.07. The van der Waals surface area contributed by atoms with E-state index in [4.69, 9.17) is 0 Å². The van der Waals surface area contributed by atoms with Crippen molar-refractivity contribution in [3.8, 4) is 0 Å². The number of amides is 3. The fourth-order valence-electron chi connectivity index (χ4n) is 2.72. The van der Waals surface area contributed by atoms with Crippen LogP contribution in [0.1, 0.15) is 15.9 Å². The molecular weight excluding hydrogens is 373 g/mol. The first-order chi connectivity index (χ1) is 13.3. The summed E-state index contributed by atoms with van der Waals surface area (Å²) in [4.78, 5) is 26.1. The number of piperazine rings is 1. The topological polar surface area (TPSA) is 73.5 Å². The Bertz CT molecular complexity index is 830. The van der Waals surface area contributed by atoms with E-state index >= 15 is 0 Å². The fourth-order valence-corrected chi connectivity index (χ4v) is 2.72. The lowest BCUT2D eigenvalue weighted by molar-refractivity contribution is -0.137. The number of halogens is 3. The molecule has 0 spiro atoms. The van der Waals surface area contributed by atoms with E-state index in [1.54, 1.807) is 17.0 Å². The lowest BCUT2D eigenvalue weighted by Gasteiger charge is -2.27. The quantitative estimate of drug-likeness (QED) is 0.750. The maximum absolute atomic E-state index is 12.6. The summed E-state index contributed by atoms with van der Waals surface area (Å²) in [6.45, 7) is 2.74.